The van der Waals surface area contributed by atoms with E-state index in [1.807, 2.05) is 26.0 Å². The Morgan fingerprint density at radius 1 is 0.621 bits per heavy atom. The molecule has 3 aromatic carbocycles. The van der Waals surface area contributed by atoms with Gasteiger partial charge in [0.15, 0.2) is 11.6 Å². The highest BCUT2D eigenvalue weighted by Crippen LogP contribution is 2.25. The lowest BCUT2D eigenvalue weighted by Crippen LogP contribution is -2.08. The summed E-state index contributed by atoms with van der Waals surface area (Å²) < 4.78 is 5.87. The molecule has 0 unspecified atom stereocenters. The van der Waals surface area contributed by atoms with Gasteiger partial charge < -0.3 is 4.74 Å². The Morgan fingerprint density at radius 3 is 1.48 bits per heavy atom. The van der Waals surface area contributed by atoms with E-state index in [1.165, 1.54) is 5.56 Å². The summed E-state index contributed by atoms with van der Waals surface area (Å²) in [5, 5.41) is 0. The molecule has 148 valence electrons. The van der Waals surface area contributed by atoms with E-state index >= 15 is 0 Å². The standard InChI is InChI=1S/C26H26O3/c1-17(2)19-9-13-23(14-10-19)29-24-15-11-22(12-16-24)26(28)21-7-5-20(6-8-21)25(27)18(3)4/h5-18H,1-4H3. The van der Waals surface area contributed by atoms with Crippen molar-refractivity contribution >= 4 is 11.6 Å². The third-order valence-electron chi connectivity index (χ3n) is 4.85. The van der Waals surface area contributed by atoms with Gasteiger partial charge in [0.1, 0.15) is 11.5 Å². The molecule has 0 aliphatic rings. The predicted molar refractivity (Wildman–Crippen MR) is 116 cm³/mol. The molecule has 0 radical (unpaired) electrons. The topological polar surface area (TPSA) is 43.4 Å². The van der Waals surface area contributed by atoms with Gasteiger partial charge in [0.25, 0.3) is 0 Å². The van der Waals surface area contributed by atoms with Crippen LogP contribution in [-0.4, -0.2) is 11.6 Å². The molecular formula is C26H26O3. The molecule has 0 amide bonds. The Hall–Kier alpha value is -3.20. The van der Waals surface area contributed by atoms with E-state index in [0.717, 1.165) is 5.75 Å². The lowest BCUT2D eigenvalue weighted by atomic mass is 9.97. The van der Waals surface area contributed by atoms with Crippen molar-refractivity contribution in [2.45, 2.75) is 33.6 Å². The molecule has 0 atom stereocenters. The zero-order chi connectivity index (χ0) is 21.0. The van der Waals surface area contributed by atoms with Crippen molar-refractivity contribution in [2.75, 3.05) is 0 Å². The van der Waals surface area contributed by atoms with Crippen molar-refractivity contribution in [1.82, 2.24) is 0 Å². The Bertz CT molecular complexity index is 980. The Labute approximate surface area is 172 Å². The molecule has 0 aliphatic heterocycles. The smallest absolute Gasteiger partial charge is 0.193 e. The molecule has 0 heterocycles. The minimum atomic E-state index is -0.0821. The second kappa shape index (κ2) is 8.87. The number of hydrogen-bond acceptors (Lipinski definition) is 3. The van der Waals surface area contributed by atoms with Crippen molar-refractivity contribution in [3.05, 3.63) is 95.1 Å². The molecule has 3 rings (SSSR count). The SMILES string of the molecule is CC(C)C(=O)c1ccc(C(=O)c2ccc(Oc3ccc(C(C)C)cc3)cc2)cc1. The third kappa shape index (κ3) is 5.00. The molecule has 0 aromatic heterocycles. The second-order valence-corrected chi connectivity index (χ2v) is 7.78. The molecule has 0 spiro atoms. The van der Waals surface area contributed by atoms with Crippen molar-refractivity contribution in [2.24, 2.45) is 5.92 Å². The molecule has 0 saturated carbocycles. The van der Waals surface area contributed by atoms with Gasteiger partial charge in [-0.3, -0.25) is 9.59 Å². The highest BCUT2D eigenvalue weighted by molar-refractivity contribution is 6.09. The van der Waals surface area contributed by atoms with Crippen molar-refractivity contribution in [3.63, 3.8) is 0 Å². The first-order valence-electron chi connectivity index (χ1n) is 9.92. The van der Waals surface area contributed by atoms with E-state index < -0.39 is 0 Å². The Morgan fingerprint density at radius 2 is 1.03 bits per heavy atom. The van der Waals surface area contributed by atoms with Gasteiger partial charge in [-0.1, -0.05) is 64.1 Å². The van der Waals surface area contributed by atoms with Crippen molar-refractivity contribution < 1.29 is 14.3 Å². The molecule has 3 aromatic rings. The maximum absolute atomic E-state index is 12.7. The van der Waals surface area contributed by atoms with E-state index in [1.54, 1.807) is 48.5 Å². The van der Waals surface area contributed by atoms with Crippen LogP contribution >= 0.6 is 0 Å². The first-order valence-corrected chi connectivity index (χ1v) is 9.92. The van der Waals surface area contributed by atoms with Crippen LogP contribution in [0.3, 0.4) is 0 Å². The van der Waals surface area contributed by atoms with Gasteiger partial charge in [-0.05, 0) is 47.9 Å². The number of ketones is 2. The maximum atomic E-state index is 12.7. The lowest BCUT2D eigenvalue weighted by Gasteiger charge is -2.09. The van der Waals surface area contributed by atoms with E-state index in [4.69, 9.17) is 4.74 Å². The highest BCUT2D eigenvalue weighted by atomic mass is 16.5. The Kier molecular flexibility index (Phi) is 6.28. The normalized spacial score (nSPS) is 11.0. The van der Waals surface area contributed by atoms with Crippen LogP contribution in [0.15, 0.2) is 72.8 Å². The minimum Gasteiger partial charge on any atom is -0.457 e. The quantitative estimate of drug-likeness (QED) is 0.426. The fourth-order valence-electron chi connectivity index (χ4n) is 3.02. The number of hydrogen-bond donors (Lipinski definition) is 0. The molecule has 0 N–H and O–H groups in total. The largest absolute Gasteiger partial charge is 0.457 e. The van der Waals surface area contributed by atoms with Crippen LogP contribution in [0, 0.1) is 5.92 Å². The number of benzene rings is 3. The van der Waals surface area contributed by atoms with Gasteiger partial charge in [0, 0.05) is 22.6 Å². The van der Waals surface area contributed by atoms with Crippen LogP contribution in [0.5, 0.6) is 11.5 Å². The van der Waals surface area contributed by atoms with Gasteiger partial charge in [-0.15, -0.1) is 0 Å². The predicted octanol–water partition coefficient (Wildman–Crippen LogP) is 6.67. The first kappa shape index (κ1) is 20.5. The van der Waals surface area contributed by atoms with Crippen LogP contribution in [0.1, 0.15) is 65.5 Å². The van der Waals surface area contributed by atoms with Crippen molar-refractivity contribution in [3.8, 4) is 11.5 Å². The van der Waals surface area contributed by atoms with Gasteiger partial charge in [0.05, 0.1) is 0 Å². The number of ether oxygens (including phenoxy) is 1. The summed E-state index contributed by atoms with van der Waals surface area (Å²) in [6, 6.07) is 22.0. The van der Waals surface area contributed by atoms with E-state index in [9.17, 15) is 9.59 Å². The van der Waals surface area contributed by atoms with Crippen LogP contribution in [0.4, 0.5) is 0 Å². The monoisotopic (exact) mass is 386 g/mol. The average molecular weight is 386 g/mol. The molecule has 0 fully saturated rings. The lowest BCUT2D eigenvalue weighted by molar-refractivity contribution is 0.0938. The average Bonchev–Trinajstić information content (AvgIpc) is 2.73. The summed E-state index contributed by atoms with van der Waals surface area (Å²) in [5.41, 5.74) is 3.03. The summed E-state index contributed by atoms with van der Waals surface area (Å²) in [7, 11) is 0. The van der Waals surface area contributed by atoms with E-state index in [0.29, 0.717) is 28.4 Å². The summed E-state index contributed by atoms with van der Waals surface area (Å²) in [5.74, 6) is 1.85. The van der Waals surface area contributed by atoms with Gasteiger partial charge in [-0.25, -0.2) is 0 Å². The molecule has 0 saturated heterocycles. The zero-order valence-electron chi connectivity index (χ0n) is 17.3. The number of Topliss-reactive ketones (excluding diaryl/α,β-unsaturated/α-hetero) is 1. The van der Waals surface area contributed by atoms with Crippen LogP contribution in [-0.2, 0) is 0 Å². The zero-order valence-corrected chi connectivity index (χ0v) is 17.3. The maximum Gasteiger partial charge on any atom is 0.193 e. The molecular weight excluding hydrogens is 360 g/mol. The summed E-state index contributed by atoms with van der Waals surface area (Å²) in [4.78, 5) is 24.7. The number of carbonyl (C=O) groups is 2. The second-order valence-electron chi connectivity index (χ2n) is 7.78. The van der Waals surface area contributed by atoms with Crippen molar-refractivity contribution in [1.29, 1.82) is 0 Å². The summed E-state index contributed by atoms with van der Waals surface area (Å²) in [6.45, 7) is 8.04. The molecule has 3 heteroatoms. The van der Waals surface area contributed by atoms with Gasteiger partial charge in [-0.2, -0.15) is 0 Å². The summed E-state index contributed by atoms with van der Waals surface area (Å²) in [6.07, 6.45) is 0. The molecule has 0 bridgehead atoms. The fourth-order valence-corrected chi connectivity index (χ4v) is 3.02. The number of rotatable bonds is 7. The third-order valence-corrected chi connectivity index (χ3v) is 4.85. The summed E-state index contributed by atoms with van der Waals surface area (Å²) >= 11 is 0. The number of carbonyl (C=O) groups excluding carboxylic acids is 2. The highest BCUT2D eigenvalue weighted by Gasteiger charge is 2.13. The molecule has 3 nitrogen and oxygen atoms in total. The van der Waals surface area contributed by atoms with Crippen LogP contribution in [0.25, 0.3) is 0 Å². The van der Waals surface area contributed by atoms with Gasteiger partial charge in [0.2, 0.25) is 0 Å². The van der Waals surface area contributed by atoms with Gasteiger partial charge >= 0.3 is 0 Å². The van der Waals surface area contributed by atoms with Crippen LogP contribution < -0.4 is 4.74 Å². The molecule has 29 heavy (non-hydrogen) atoms. The fraction of sp³-hybridized carbons (Fsp3) is 0.231. The minimum absolute atomic E-state index is 0.0642. The molecule has 0 aliphatic carbocycles. The van der Waals surface area contributed by atoms with E-state index in [-0.39, 0.29) is 17.5 Å². The first-order chi connectivity index (χ1) is 13.8. The van der Waals surface area contributed by atoms with E-state index in [2.05, 4.69) is 26.0 Å². The Balaban J connectivity index is 1.69. The van der Waals surface area contributed by atoms with Crippen LogP contribution in [0.2, 0.25) is 0 Å².